The molecule has 4 aromatic rings. The Balaban J connectivity index is 1.38. The van der Waals surface area contributed by atoms with E-state index in [1.54, 1.807) is 13.2 Å². The summed E-state index contributed by atoms with van der Waals surface area (Å²) in [5.74, 6) is 0.279. The van der Waals surface area contributed by atoms with Crippen LogP contribution in [0.4, 0.5) is 10.1 Å². The van der Waals surface area contributed by atoms with Gasteiger partial charge < -0.3 is 18.9 Å². The van der Waals surface area contributed by atoms with Crippen LogP contribution in [-0.4, -0.2) is 53.5 Å². The molecule has 1 amide bonds. The van der Waals surface area contributed by atoms with E-state index in [0.29, 0.717) is 13.1 Å². The van der Waals surface area contributed by atoms with Gasteiger partial charge in [0.15, 0.2) is 0 Å². The van der Waals surface area contributed by atoms with Crippen molar-refractivity contribution in [2.45, 2.75) is 19.3 Å². The number of imidazole rings is 1. The standard InChI is InChI=1S/C28H29FN4O2/c1-20-7-5-12-27-30-19-25(33(20)27)23(21-8-6-9-22(29)17-21)18-28(34)32-15-13-31(14-16-32)24-10-3-4-11-26(24)35-2/h3-12,17,19,23H,13-16,18H2,1-2H3. The molecule has 0 radical (unpaired) electrons. The molecule has 180 valence electrons. The van der Waals surface area contributed by atoms with E-state index in [0.717, 1.165) is 47.1 Å². The average molecular weight is 473 g/mol. The number of benzene rings is 2. The Hall–Kier alpha value is -3.87. The quantitative estimate of drug-likeness (QED) is 0.410. The Bertz CT molecular complexity index is 1340. The highest BCUT2D eigenvalue weighted by Gasteiger charge is 2.28. The molecule has 0 spiro atoms. The predicted octanol–water partition coefficient (Wildman–Crippen LogP) is 4.66. The normalized spacial score (nSPS) is 14.8. The largest absolute Gasteiger partial charge is 0.495 e. The number of aromatic nitrogens is 2. The monoisotopic (exact) mass is 472 g/mol. The predicted molar refractivity (Wildman–Crippen MR) is 135 cm³/mol. The number of hydrogen-bond acceptors (Lipinski definition) is 4. The van der Waals surface area contributed by atoms with E-state index in [1.807, 2.05) is 66.6 Å². The van der Waals surface area contributed by atoms with E-state index in [4.69, 9.17) is 4.74 Å². The molecule has 0 N–H and O–H groups in total. The second kappa shape index (κ2) is 9.78. The second-order valence-corrected chi connectivity index (χ2v) is 8.90. The van der Waals surface area contributed by atoms with Gasteiger partial charge in [-0.25, -0.2) is 9.37 Å². The van der Waals surface area contributed by atoms with Crippen LogP contribution in [0.15, 0.2) is 72.9 Å². The third-order valence-electron chi connectivity index (χ3n) is 6.80. The number of aryl methyl sites for hydroxylation is 1. The van der Waals surface area contributed by atoms with Gasteiger partial charge in [-0.2, -0.15) is 0 Å². The van der Waals surface area contributed by atoms with Gasteiger partial charge in [0.05, 0.1) is 18.5 Å². The third kappa shape index (κ3) is 4.58. The first-order valence-corrected chi connectivity index (χ1v) is 11.9. The highest BCUT2D eigenvalue weighted by molar-refractivity contribution is 5.78. The summed E-state index contributed by atoms with van der Waals surface area (Å²) in [5.41, 5.74) is 4.55. The molecule has 1 atom stereocenters. The molecule has 0 saturated carbocycles. The van der Waals surface area contributed by atoms with Gasteiger partial charge in [-0.05, 0) is 48.9 Å². The van der Waals surface area contributed by atoms with Crippen molar-refractivity contribution in [2.24, 2.45) is 0 Å². The maximum atomic E-state index is 14.2. The molecule has 2 aromatic heterocycles. The number of fused-ring (bicyclic) bond motifs is 1. The van der Waals surface area contributed by atoms with Crippen LogP contribution in [0.25, 0.3) is 5.65 Å². The number of piperazine rings is 1. The third-order valence-corrected chi connectivity index (χ3v) is 6.80. The first-order chi connectivity index (χ1) is 17.0. The minimum atomic E-state index is -0.309. The fourth-order valence-corrected chi connectivity index (χ4v) is 4.98. The molecule has 1 saturated heterocycles. The molecule has 0 bridgehead atoms. The Morgan fingerprint density at radius 3 is 2.57 bits per heavy atom. The lowest BCUT2D eigenvalue weighted by Crippen LogP contribution is -2.49. The number of ether oxygens (including phenoxy) is 1. The second-order valence-electron chi connectivity index (χ2n) is 8.90. The van der Waals surface area contributed by atoms with E-state index in [-0.39, 0.29) is 24.1 Å². The van der Waals surface area contributed by atoms with Crippen molar-refractivity contribution in [2.75, 3.05) is 38.2 Å². The van der Waals surface area contributed by atoms with Gasteiger partial charge in [0, 0.05) is 50.4 Å². The number of para-hydroxylation sites is 2. The van der Waals surface area contributed by atoms with Gasteiger partial charge in [0.2, 0.25) is 5.91 Å². The summed E-state index contributed by atoms with van der Waals surface area (Å²) < 4.78 is 21.8. The van der Waals surface area contributed by atoms with Gasteiger partial charge >= 0.3 is 0 Å². The smallest absolute Gasteiger partial charge is 0.223 e. The molecule has 5 rings (SSSR count). The number of methoxy groups -OCH3 is 1. The van der Waals surface area contributed by atoms with Gasteiger partial charge in [-0.3, -0.25) is 4.79 Å². The van der Waals surface area contributed by atoms with Crippen LogP contribution in [0.2, 0.25) is 0 Å². The number of halogens is 1. The van der Waals surface area contributed by atoms with E-state index >= 15 is 0 Å². The van der Waals surface area contributed by atoms with Crippen molar-refractivity contribution in [1.29, 1.82) is 0 Å². The lowest BCUT2D eigenvalue weighted by atomic mass is 9.91. The van der Waals surface area contributed by atoms with Crippen molar-refractivity contribution in [1.82, 2.24) is 14.3 Å². The SMILES string of the molecule is COc1ccccc1N1CCN(C(=O)CC(c2cccc(F)c2)c2cnc3cccc(C)n23)CC1. The van der Waals surface area contributed by atoms with Crippen LogP contribution in [0.5, 0.6) is 5.75 Å². The fraction of sp³-hybridized carbons (Fsp3) is 0.286. The van der Waals surface area contributed by atoms with Gasteiger partial charge in [0.1, 0.15) is 17.2 Å². The molecule has 1 aliphatic rings. The molecule has 1 aliphatic heterocycles. The van der Waals surface area contributed by atoms with Crippen molar-refractivity contribution in [3.63, 3.8) is 0 Å². The van der Waals surface area contributed by atoms with Crippen LogP contribution in [0.3, 0.4) is 0 Å². The van der Waals surface area contributed by atoms with Crippen molar-refractivity contribution >= 4 is 17.2 Å². The molecule has 1 unspecified atom stereocenters. The topological polar surface area (TPSA) is 50.1 Å². The number of hydrogen-bond donors (Lipinski definition) is 0. The summed E-state index contributed by atoms with van der Waals surface area (Å²) in [5, 5.41) is 0. The molecule has 0 aliphatic carbocycles. The summed E-state index contributed by atoms with van der Waals surface area (Å²) in [6, 6.07) is 20.4. The van der Waals surface area contributed by atoms with Crippen LogP contribution < -0.4 is 9.64 Å². The Morgan fingerprint density at radius 1 is 1.03 bits per heavy atom. The molecular weight excluding hydrogens is 443 g/mol. The highest BCUT2D eigenvalue weighted by atomic mass is 19.1. The Morgan fingerprint density at radius 2 is 1.80 bits per heavy atom. The molecular formula is C28H29FN4O2. The zero-order valence-electron chi connectivity index (χ0n) is 20.0. The summed E-state index contributed by atoms with van der Waals surface area (Å²) in [4.78, 5) is 22.2. The lowest BCUT2D eigenvalue weighted by molar-refractivity contribution is -0.131. The van der Waals surface area contributed by atoms with Crippen LogP contribution >= 0.6 is 0 Å². The maximum Gasteiger partial charge on any atom is 0.223 e. The van der Waals surface area contributed by atoms with E-state index in [1.165, 1.54) is 12.1 Å². The molecule has 7 heteroatoms. The number of rotatable bonds is 6. The summed E-state index contributed by atoms with van der Waals surface area (Å²) >= 11 is 0. The van der Waals surface area contributed by atoms with E-state index in [2.05, 4.69) is 14.3 Å². The summed E-state index contributed by atoms with van der Waals surface area (Å²) in [6.07, 6.45) is 2.06. The van der Waals surface area contributed by atoms with Crippen molar-refractivity contribution in [3.8, 4) is 5.75 Å². The van der Waals surface area contributed by atoms with Crippen molar-refractivity contribution in [3.05, 3.63) is 95.7 Å². The maximum absolute atomic E-state index is 14.2. The number of pyridine rings is 1. The Kier molecular flexibility index (Phi) is 6.40. The molecule has 6 nitrogen and oxygen atoms in total. The van der Waals surface area contributed by atoms with Gasteiger partial charge in [-0.15, -0.1) is 0 Å². The minimum absolute atomic E-state index is 0.0578. The minimum Gasteiger partial charge on any atom is -0.495 e. The molecule has 35 heavy (non-hydrogen) atoms. The van der Waals surface area contributed by atoms with Crippen molar-refractivity contribution < 1.29 is 13.9 Å². The lowest BCUT2D eigenvalue weighted by Gasteiger charge is -2.37. The average Bonchev–Trinajstić information content (AvgIpc) is 3.32. The van der Waals surface area contributed by atoms with E-state index < -0.39 is 0 Å². The fourth-order valence-electron chi connectivity index (χ4n) is 4.98. The summed E-state index contributed by atoms with van der Waals surface area (Å²) in [7, 11) is 1.67. The Labute approximate surface area is 204 Å². The number of amides is 1. The van der Waals surface area contributed by atoms with Crippen LogP contribution in [0.1, 0.15) is 29.3 Å². The number of carbonyl (C=O) groups is 1. The number of nitrogens with zero attached hydrogens (tertiary/aromatic N) is 4. The van der Waals surface area contributed by atoms with Gasteiger partial charge in [0.25, 0.3) is 0 Å². The molecule has 2 aromatic carbocycles. The zero-order chi connectivity index (χ0) is 24.4. The first kappa shape index (κ1) is 22.9. The zero-order valence-corrected chi connectivity index (χ0v) is 20.0. The molecule has 1 fully saturated rings. The van der Waals surface area contributed by atoms with Crippen LogP contribution in [0, 0.1) is 12.7 Å². The van der Waals surface area contributed by atoms with Crippen LogP contribution in [-0.2, 0) is 4.79 Å². The highest BCUT2D eigenvalue weighted by Crippen LogP contribution is 2.32. The first-order valence-electron chi connectivity index (χ1n) is 11.9. The number of carbonyl (C=O) groups excluding carboxylic acids is 1. The molecule has 3 heterocycles. The van der Waals surface area contributed by atoms with Gasteiger partial charge in [-0.1, -0.05) is 30.3 Å². The summed E-state index contributed by atoms with van der Waals surface area (Å²) in [6.45, 7) is 4.72. The number of anilines is 1. The van der Waals surface area contributed by atoms with E-state index in [9.17, 15) is 9.18 Å².